The van der Waals surface area contributed by atoms with Gasteiger partial charge in [-0.2, -0.15) is 0 Å². The number of hydrogen-bond acceptors (Lipinski definition) is 8. The summed E-state index contributed by atoms with van der Waals surface area (Å²) in [6, 6.07) is 43.5. The first-order valence-electron chi connectivity index (χ1n) is 33.0. The van der Waals surface area contributed by atoms with Crippen LogP contribution in [0.2, 0.25) is 0 Å². The highest BCUT2D eigenvalue weighted by Gasteiger charge is 2.44. The number of fused-ring (bicyclic) bond motifs is 3. The Bertz CT molecular complexity index is 2860. The number of hydrogen-bond donors (Lipinski definition) is 5. The summed E-state index contributed by atoms with van der Waals surface area (Å²) >= 11 is 5.71. The highest BCUT2D eigenvalue weighted by atomic mass is 32.2. The average Bonchev–Trinajstić information content (AvgIpc) is 0.882. The Morgan fingerprint density at radius 1 is 0.384 bits per heavy atom. The molecule has 5 N–H and O–H groups in total. The first kappa shape index (κ1) is 68.5. The van der Waals surface area contributed by atoms with Crippen molar-refractivity contribution in [2.45, 2.75) is 251 Å². The van der Waals surface area contributed by atoms with Crippen molar-refractivity contribution in [3.05, 3.63) is 172 Å². The Kier molecular flexibility index (Phi) is 27.2. The molecule has 6 aromatic rings. The van der Waals surface area contributed by atoms with Crippen LogP contribution in [0.5, 0.6) is 23.0 Å². The van der Waals surface area contributed by atoms with Gasteiger partial charge in [0.25, 0.3) is 0 Å². The van der Waals surface area contributed by atoms with Gasteiger partial charge in [-0.3, -0.25) is 4.79 Å². The van der Waals surface area contributed by atoms with E-state index >= 15 is 0 Å². The summed E-state index contributed by atoms with van der Waals surface area (Å²) in [4.78, 5) is 14.5. The molecule has 3 aliphatic rings. The number of rotatable bonds is 28. The van der Waals surface area contributed by atoms with E-state index in [0.29, 0.717) is 47.2 Å². The highest BCUT2D eigenvalue weighted by molar-refractivity contribution is 8.00. The summed E-state index contributed by atoms with van der Waals surface area (Å²) in [6.07, 6.45) is 29.1. The van der Waals surface area contributed by atoms with Crippen molar-refractivity contribution in [2.24, 2.45) is 0 Å². The molecule has 0 amide bonds. The number of benzene rings is 6. The van der Waals surface area contributed by atoms with Crippen LogP contribution in [0.3, 0.4) is 0 Å². The van der Waals surface area contributed by atoms with E-state index in [-0.39, 0.29) is 16.2 Å². The number of carboxylic acids is 1. The minimum atomic E-state index is -0.672. The van der Waals surface area contributed by atoms with E-state index in [2.05, 4.69) is 127 Å². The van der Waals surface area contributed by atoms with Crippen molar-refractivity contribution < 1.29 is 30.3 Å². The zero-order valence-corrected chi connectivity index (χ0v) is 55.8. The Labute approximate surface area is 531 Å². The van der Waals surface area contributed by atoms with Crippen molar-refractivity contribution in [3.8, 4) is 23.0 Å². The normalized spacial score (nSPS) is 21.2. The summed E-state index contributed by atoms with van der Waals surface area (Å²) in [7, 11) is 0. The molecule has 0 aromatic heterocycles. The predicted molar refractivity (Wildman–Crippen MR) is 367 cm³/mol. The Morgan fingerprint density at radius 3 is 1.03 bits per heavy atom. The smallest absolute Gasteiger partial charge is 0.303 e. The van der Waals surface area contributed by atoms with Gasteiger partial charge in [0.05, 0.1) is 0 Å². The number of unbranched alkanes of at least 4 members (excludes halogenated alkanes) is 17. The van der Waals surface area contributed by atoms with Gasteiger partial charge in [-0.15, -0.1) is 35.3 Å². The van der Waals surface area contributed by atoms with E-state index in [1.165, 1.54) is 188 Å². The second kappa shape index (κ2) is 34.1. The molecule has 0 spiro atoms. The zero-order chi connectivity index (χ0) is 61.5. The lowest BCUT2D eigenvalue weighted by Gasteiger charge is -2.43. The van der Waals surface area contributed by atoms with Crippen molar-refractivity contribution in [1.29, 1.82) is 0 Å². The van der Waals surface area contributed by atoms with Crippen LogP contribution in [0.4, 0.5) is 0 Å². The number of aryl methyl sites for hydroxylation is 2. The molecule has 3 aliphatic heterocycles. The van der Waals surface area contributed by atoms with Gasteiger partial charge < -0.3 is 25.5 Å². The van der Waals surface area contributed by atoms with Crippen molar-refractivity contribution >= 4 is 41.3 Å². The summed E-state index contributed by atoms with van der Waals surface area (Å²) in [6.45, 7) is 16.1. The number of thioether (sulfide) groups is 3. The second-order valence-corrected chi connectivity index (χ2v) is 29.1. The summed E-state index contributed by atoms with van der Waals surface area (Å²) in [5.41, 5.74) is 11.2. The Morgan fingerprint density at radius 2 is 0.674 bits per heavy atom. The molecule has 6 atom stereocenters. The van der Waals surface area contributed by atoms with Gasteiger partial charge in [0.15, 0.2) is 0 Å². The van der Waals surface area contributed by atoms with Crippen LogP contribution in [0.25, 0.3) is 0 Å². The van der Waals surface area contributed by atoms with Gasteiger partial charge in [-0.25, -0.2) is 0 Å². The summed E-state index contributed by atoms with van der Waals surface area (Å²) < 4.78 is 0. The topological polar surface area (TPSA) is 118 Å². The minimum absolute atomic E-state index is 0.0323. The third-order valence-electron chi connectivity index (χ3n) is 19.3. The van der Waals surface area contributed by atoms with E-state index < -0.39 is 5.97 Å². The molecule has 0 saturated heterocycles. The Hall–Kier alpha value is -4.96. The number of carbonyl (C=O) groups is 1. The maximum absolute atomic E-state index is 10.6. The molecule has 0 bridgehead atoms. The molecule has 3 heterocycles. The van der Waals surface area contributed by atoms with Crippen molar-refractivity contribution in [1.82, 2.24) is 0 Å². The van der Waals surface area contributed by atoms with Gasteiger partial charge in [0.1, 0.15) is 23.0 Å². The molecule has 0 fully saturated rings. The lowest BCUT2D eigenvalue weighted by atomic mass is 9.67. The average molecular weight is 1220 g/mol. The van der Waals surface area contributed by atoms with Crippen molar-refractivity contribution in [2.75, 3.05) is 17.3 Å². The fraction of sp³-hybridized carbons (Fsp3) is 0.519. The minimum Gasteiger partial charge on any atom is -0.508 e. The number of aliphatic carboxylic acids is 1. The van der Waals surface area contributed by atoms with E-state index in [1.54, 1.807) is 0 Å². The molecule has 466 valence electrons. The van der Waals surface area contributed by atoms with Crippen molar-refractivity contribution in [3.63, 3.8) is 0 Å². The van der Waals surface area contributed by atoms with E-state index in [1.807, 2.05) is 83.8 Å². The molecule has 6 nitrogen and oxygen atoms in total. The first-order valence-corrected chi connectivity index (χ1v) is 36.0. The van der Waals surface area contributed by atoms with Crippen LogP contribution in [0.1, 0.15) is 251 Å². The lowest BCUT2D eigenvalue weighted by Crippen LogP contribution is -2.36. The lowest BCUT2D eigenvalue weighted by molar-refractivity contribution is -0.137. The van der Waals surface area contributed by atoms with E-state index in [0.717, 1.165) is 36.5 Å². The number of phenolic OH excluding ortho intramolecular Hbond substituents is 4. The van der Waals surface area contributed by atoms with Crippen LogP contribution in [-0.2, 0) is 21.0 Å². The van der Waals surface area contributed by atoms with Crippen LogP contribution < -0.4 is 0 Å². The van der Waals surface area contributed by atoms with Gasteiger partial charge in [0.2, 0.25) is 0 Å². The van der Waals surface area contributed by atoms with Gasteiger partial charge >= 0.3 is 5.97 Å². The molecule has 0 radical (unpaired) electrons. The standard InChI is InChI=1S/C27H36O2S.2C25H34O2S/c1-20-12-15-22(16-13-20)27(3)19-30-25-18-21(2)14-17-23(25)24(27)10-8-6-4-5-7-9-11-26(28)29;2*1-3-4-5-6-7-8-9-10-23-22-16-15-21(27)17-24(22)28-18-25(23,2)19-11-13-20(26)14-12-19/h12-18,24H,4-11,19H2,1-3H3,(H,28,29);2*11-17,23,26-27H,3-10,18H2,1-2H3/t;2*23-,25-/m.11/s1. The second-order valence-electron chi connectivity index (χ2n) is 26.1. The third-order valence-corrected chi connectivity index (χ3v) is 23.5. The maximum Gasteiger partial charge on any atom is 0.303 e. The number of phenols is 4. The Balaban J connectivity index is 0.000000185. The van der Waals surface area contributed by atoms with E-state index in [9.17, 15) is 25.2 Å². The SMILES string of the molecule is CCCCCCCCC[C@@H]1c2ccc(O)cc2SC[C@]1(C)c1ccc(O)cc1.CCCCCCCCC[C@@H]1c2ccc(O)cc2SC[C@]1(C)c1ccc(O)cc1.Cc1ccc(C2(C)CSc3cc(C)ccc3C2CCCCCCCCC(=O)O)cc1. The van der Waals surface area contributed by atoms with Gasteiger partial charge in [0, 0.05) is 54.6 Å². The molecule has 86 heavy (non-hydrogen) atoms. The van der Waals surface area contributed by atoms with Gasteiger partial charge in [-0.1, -0.05) is 241 Å². The molecule has 0 aliphatic carbocycles. The molecule has 9 rings (SSSR count). The number of carboxylic acid groups (broad SMARTS) is 1. The molecular formula is C77H104O6S3. The zero-order valence-electron chi connectivity index (χ0n) is 53.3. The molecule has 9 heteroatoms. The largest absolute Gasteiger partial charge is 0.508 e. The van der Waals surface area contributed by atoms with Crippen LogP contribution in [-0.4, -0.2) is 48.8 Å². The summed E-state index contributed by atoms with van der Waals surface area (Å²) in [5.74, 6) is 5.22. The fourth-order valence-corrected chi connectivity index (χ4v) is 18.1. The quantitative estimate of drug-likeness (QED) is 0.0306. The first-order chi connectivity index (χ1) is 41.5. The van der Waals surface area contributed by atoms with E-state index in [4.69, 9.17) is 5.11 Å². The third kappa shape index (κ3) is 19.0. The highest BCUT2D eigenvalue weighted by Crippen LogP contribution is 2.55. The van der Waals surface area contributed by atoms with Gasteiger partial charge in [-0.05, 0) is 145 Å². The van der Waals surface area contributed by atoms with Crippen LogP contribution >= 0.6 is 35.3 Å². The molecule has 6 aromatic carbocycles. The number of aromatic hydroxyl groups is 4. The molecular weight excluding hydrogens is 1120 g/mol. The summed E-state index contributed by atoms with van der Waals surface area (Å²) in [5, 5.41) is 48.1. The van der Waals surface area contributed by atoms with Crippen LogP contribution in [0, 0.1) is 13.8 Å². The predicted octanol–water partition coefficient (Wildman–Crippen LogP) is 22.4. The van der Waals surface area contributed by atoms with Crippen LogP contribution in [0.15, 0.2) is 142 Å². The molecule has 2 unspecified atom stereocenters. The fourth-order valence-electron chi connectivity index (χ4n) is 13.8. The maximum atomic E-state index is 10.6. The monoisotopic (exact) mass is 1220 g/mol. The molecule has 0 saturated carbocycles.